The van der Waals surface area contributed by atoms with Gasteiger partial charge in [-0.05, 0) is 41.5 Å². The summed E-state index contributed by atoms with van der Waals surface area (Å²) in [5, 5.41) is 9.35. The van der Waals surface area contributed by atoms with Crippen LogP contribution >= 0.6 is 11.6 Å². The minimum atomic E-state index is -1.16. The van der Waals surface area contributed by atoms with E-state index in [-0.39, 0.29) is 16.7 Å². The second-order valence-corrected chi connectivity index (χ2v) is 4.06. The minimum absolute atomic E-state index is 0.0228. The van der Waals surface area contributed by atoms with E-state index in [0.717, 1.165) is 12.1 Å². The van der Waals surface area contributed by atoms with Crippen LogP contribution in [0, 0.1) is 11.6 Å². The number of carboxylic acids is 1. The van der Waals surface area contributed by atoms with Gasteiger partial charge in [0.05, 0.1) is 5.56 Å². The van der Waals surface area contributed by atoms with Crippen molar-refractivity contribution in [3.05, 3.63) is 58.6 Å². The van der Waals surface area contributed by atoms with Gasteiger partial charge in [-0.15, -0.1) is 0 Å². The lowest BCUT2D eigenvalue weighted by Crippen LogP contribution is -1.99. The first-order valence-corrected chi connectivity index (χ1v) is 5.35. The van der Waals surface area contributed by atoms with Crippen molar-refractivity contribution in [1.82, 2.24) is 0 Å². The van der Waals surface area contributed by atoms with Crippen LogP contribution in [0.1, 0.15) is 10.4 Å². The molecule has 0 aliphatic rings. The summed E-state index contributed by atoms with van der Waals surface area (Å²) in [6, 6.07) is 7.33. The molecule has 0 amide bonds. The Kier molecular flexibility index (Phi) is 3.30. The zero-order chi connectivity index (χ0) is 13.3. The zero-order valence-corrected chi connectivity index (χ0v) is 9.71. The van der Waals surface area contributed by atoms with Gasteiger partial charge in [0.1, 0.15) is 0 Å². The predicted molar refractivity (Wildman–Crippen MR) is 63.8 cm³/mol. The van der Waals surface area contributed by atoms with Crippen molar-refractivity contribution in [3.63, 3.8) is 0 Å². The molecule has 0 radical (unpaired) electrons. The summed E-state index contributed by atoms with van der Waals surface area (Å²) >= 11 is 5.78. The average molecular weight is 269 g/mol. The summed E-state index contributed by atoms with van der Waals surface area (Å²) in [5.74, 6) is -3.19. The van der Waals surface area contributed by atoms with Crippen molar-refractivity contribution in [2.45, 2.75) is 0 Å². The number of hydrogen-bond acceptors (Lipinski definition) is 1. The van der Waals surface area contributed by atoms with E-state index >= 15 is 0 Å². The Morgan fingerprint density at radius 3 is 2.39 bits per heavy atom. The maximum Gasteiger partial charge on any atom is 0.336 e. The van der Waals surface area contributed by atoms with Crippen molar-refractivity contribution < 1.29 is 18.7 Å². The van der Waals surface area contributed by atoms with Crippen LogP contribution in [0.2, 0.25) is 5.02 Å². The maximum absolute atomic E-state index is 13.1. The van der Waals surface area contributed by atoms with Crippen molar-refractivity contribution >= 4 is 17.6 Å². The largest absolute Gasteiger partial charge is 0.478 e. The molecular weight excluding hydrogens is 262 g/mol. The summed E-state index contributed by atoms with van der Waals surface area (Å²) in [5.41, 5.74) is 0.480. The number of hydrogen-bond donors (Lipinski definition) is 1. The van der Waals surface area contributed by atoms with E-state index in [4.69, 9.17) is 16.7 Å². The molecule has 5 heteroatoms. The molecule has 92 valence electrons. The molecule has 0 heterocycles. The molecule has 2 nitrogen and oxygen atoms in total. The Bertz CT molecular complexity index is 626. The molecule has 0 saturated carbocycles. The van der Waals surface area contributed by atoms with Crippen LogP contribution in [-0.4, -0.2) is 11.1 Å². The highest BCUT2D eigenvalue weighted by molar-refractivity contribution is 6.31. The average Bonchev–Trinajstić information content (AvgIpc) is 2.32. The quantitative estimate of drug-likeness (QED) is 0.894. The topological polar surface area (TPSA) is 37.3 Å². The van der Waals surface area contributed by atoms with E-state index in [1.165, 1.54) is 24.3 Å². The highest BCUT2D eigenvalue weighted by Gasteiger charge is 2.13. The predicted octanol–water partition coefficient (Wildman–Crippen LogP) is 3.98. The summed E-state index contributed by atoms with van der Waals surface area (Å²) in [4.78, 5) is 11.0. The maximum atomic E-state index is 13.1. The summed E-state index contributed by atoms with van der Waals surface area (Å²) in [6.45, 7) is 0. The van der Waals surface area contributed by atoms with Gasteiger partial charge < -0.3 is 5.11 Å². The molecule has 2 rings (SSSR count). The smallest absolute Gasteiger partial charge is 0.336 e. The Morgan fingerprint density at radius 2 is 1.78 bits per heavy atom. The van der Waals surface area contributed by atoms with Crippen LogP contribution in [0.5, 0.6) is 0 Å². The van der Waals surface area contributed by atoms with E-state index in [0.29, 0.717) is 5.02 Å². The molecule has 0 aliphatic heterocycles. The molecule has 18 heavy (non-hydrogen) atoms. The van der Waals surface area contributed by atoms with Gasteiger partial charge in [-0.3, -0.25) is 0 Å². The fourth-order valence-corrected chi connectivity index (χ4v) is 1.78. The molecule has 0 unspecified atom stereocenters. The van der Waals surface area contributed by atoms with Gasteiger partial charge in [-0.25, -0.2) is 13.6 Å². The second-order valence-electron chi connectivity index (χ2n) is 3.62. The summed E-state index contributed by atoms with van der Waals surface area (Å²) in [7, 11) is 0. The van der Waals surface area contributed by atoms with Gasteiger partial charge in [-0.1, -0.05) is 17.7 Å². The first kappa shape index (κ1) is 12.5. The van der Waals surface area contributed by atoms with Crippen LogP contribution in [-0.2, 0) is 0 Å². The standard InChI is InChI=1S/C13H7ClF2O2/c14-8-2-3-9(13(17)18)10(6-8)7-1-4-11(15)12(16)5-7/h1-6H,(H,17,18). The number of benzene rings is 2. The highest BCUT2D eigenvalue weighted by Crippen LogP contribution is 2.28. The van der Waals surface area contributed by atoms with Crippen LogP contribution in [0.15, 0.2) is 36.4 Å². The fourth-order valence-electron chi connectivity index (χ4n) is 1.61. The van der Waals surface area contributed by atoms with Crippen LogP contribution in [0.25, 0.3) is 11.1 Å². The third-order valence-corrected chi connectivity index (χ3v) is 2.68. The van der Waals surface area contributed by atoms with Crippen molar-refractivity contribution in [2.75, 3.05) is 0 Å². The monoisotopic (exact) mass is 268 g/mol. The van der Waals surface area contributed by atoms with Gasteiger partial charge in [0, 0.05) is 5.02 Å². The molecule has 0 fully saturated rings. The Labute approximate surface area is 106 Å². The van der Waals surface area contributed by atoms with E-state index in [1.807, 2.05) is 0 Å². The van der Waals surface area contributed by atoms with Gasteiger partial charge in [0.2, 0.25) is 0 Å². The summed E-state index contributed by atoms with van der Waals surface area (Å²) < 4.78 is 26.0. The molecule has 0 aromatic heterocycles. The Hall–Kier alpha value is -1.94. The van der Waals surface area contributed by atoms with Crippen LogP contribution in [0.3, 0.4) is 0 Å². The number of aromatic carboxylic acids is 1. The highest BCUT2D eigenvalue weighted by atomic mass is 35.5. The first-order chi connectivity index (χ1) is 8.49. The van der Waals surface area contributed by atoms with Crippen LogP contribution in [0.4, 0.5) is 8.78 Å². The number of carboxylic acid groups (broad SMARTS) is 1. The van der Waals surface area contributed by atoms with Crippen molar-refractivity contribution in [1.29, 1.82) is 0 Å². The SMILES string of the molecule is O=C(O)c1ccc(Cl)cc1-c1ccc(F)c(F)c1. The van der Waals surface area contributed by atoms with Gasteiger partial charge in [0.15, 0.2) is 11.6 Å². The van der Waals surface area contributed by atoms with Crippen molar-refractivity contribution in [2.24, 2.45) is 0 Å². The normalized spacial score (nSPS) is 10.4. The van der Waals surface area contributed by atoms with Gasteiger partial charge in [0.25, 0.3) is 0 Å². The number of halogens is 3. The zero-order valence-electron chi connectivity index (χ0n) is 8.95. The molecular formula is C13H7ClF2O2. The Morgan fingerprint density at radius 1 is 1.06 bits per heavy atom. The molecule has 0 atom stereocenters. The molecule has 1 N–H and O–H groups in total. The minimum Gasteiger partial charge on any atom is -0.478 e. The fraction of sp³-hybridized carbons (Fsp3) is 0. The Balaban J connectivity index is 2.65. The van der Waals surface area contributed by atoms with E-state index in [2.05, 4.69) is 0 Å². The molecule has 0 aliphatic carbocycles. The second kappa shape index (κ2) is 4.74. The lowest BCUT2D eigenvalue weighted by Gasteiger charge is -2.07. The molecule has 2 aromatic carbocycles. The van der Waals surface area contributed by atoms with Gasteiger partial charge in [-0.2, -0.15) is 0 Å². The lowest BCUT2D eigenvalue weighted by molar-refractivity contribution is 0.0697. The molecule has 2 aromatic rings. The molecule has 0 bridgehead atoms. The molecule has 0 saturated heterocycles. The number of rotatable bonds is 2. The van der Waals surface area contributed by atoms with Gasteiger partial charge >= 0.3 is 5.97 Å². The van der Waals surface area contributed by atoms with E-state index < -0.39 is 17.6 Å². The third kappa shape index (κ3) is 2.33. The lowest BCUT2D eigenvalue weighted by atomic mass is 9.99. The summed E-state index contributed by atoms with van der Waals surface area (Å²) in [6.07, 6.45) is 0. The van der Waals surface area contributed by atoms with Crippen molar-refractivity contribution in [3.8, 4) is 11.1 Å². The number of carbonyl (C=O) groups is 1. The van der Waals surface area contributed by atoms with Crippen LogP contribution < -0.4 is 0 Å². The third-order valence-electron chi connectivity index (χ3n) is 2.44. The van der Waals surface area contributed by atoms with E-state index in [1.54, 1.807) is 0 Å². The first-order valence-electron chi connectivity index (χ1n) is 4.97. The van der Waals surface area contributed by atoms with E-state index in [9.17, 15) is 13.6 Å². The molecule has 0 spiro atoms.